The molecule has 1 aliphatic rings. The lowest BCUT2D eigenvalue weighted by Crippen LogP contribution is -2.33. The molecule has 22 heteroatoms. The van der Waals surface area contributed by atoms with Gasteiger partial charge in [0, 0.05) is 32.7 Å². The zero-order valence-electron chi connectivity index (χ0n) is 55.3. The molecule has 3 aromatic carbocycles. The zero-order valence-corrected chi connectivity index (χ0v) is 55.3. The highest BCUT2D eigenvalue weighted by molar-refractivity contribution is 5.73. The molecule has 0 radical (unpaired) electrons. The van der Waals surface area contributed by atoms with E-state index >= 15 is 0 Å². The molecule has 81 heavy (non-hydrogen) atoms. The summed E-state index contributed by atoms with van der Waals surface area (Å²) in [7, 11) is 6.00. The maximum atomic E-state index is 10.7. The van der Waals surface area contributed by atoms with Crippen LogP contribution in [0.3, 0.4) is 0 Å². The van der Waals surface area contributed by atoms with Crippen LogP contribution in [0.25, 0.3) is 0 Å². The highest BCUT2D eigenvalue weighted by Crippen LogP contribution is 2.08. The molecule has 24 N–H and O–H groups in total. The SMILES string of the molecule is C=O.C=O.C=O.C=O.C=O.C=O.C=O.C=O.C=O.CC.CC(=O)N1CCCCC1.CC(C)O.CCC(C)C.CCOC(C)(C)C.CCc1ccccc1.CCc1ccccc1.CN.CN.CN.CN.Cc1ccccc1.N.N.N.N.N. The molecule has 0 aliphatic carbocycles. The number of benzene rings is 3. The number of piperidine rings is 1. The standard InChI is InChI=1S/2C8H10.C7H13NO.C7H8.C6H14O.C5H12.C3H8O.C2H6.4CH5N.9CH2O.5H3N/c2*1-2-8-6-4-3-5-7-8;1-7(9)8-5-3-2-4-6-8;1-7-5-3-2-4-6-7;1-5-7-6(2,3)4;1-4-5(2)3;1-3(2)4;14*1-2;;;;;/h2*3-7H,2H2,1H3;2-6H2,1H3;2-6H,1H3;5H2,1-4H3;5H,4H2,1-3H3;3-4H,1-2H3;1-2H3;4*2H2,1H3;9*1H2;5*1H3. The first-order valence-electron chi connectivity index (χ1n) is 24.2. The molecule has 3 aromatic rings. The zero-order chi connectivity index (χ0) is 65.2. The summed E-state index contributed by atoms with van der Waals surface area (Å²) in [6, 6.07) is 31.2. The Hall–Kier alpha value is -6.28. The van der Waals surface area contributed by atoms with Gasteiger partial charge in [0.25, 0.3) is 0 Å². The van der Waals surface area contributed by atoms with Crippen LogP contribution in [-0.2, 0) is 65.5 Å². The predicted octanol–water partition coefficient (Wildman–Crippen LogP) is 10.2. The second-order valence-electron chi connectivity index (χ2n) is 13.3. The number of nitrogens with two attached hydrogens (primary N) is 4. The molecule has 0 saturated carbocycles. The number of amides is 1. The fourth-order valence-corrected chi connectivity index (χ4v) is 3.60. The minimum Gasteiger partial charge on any atom is -0.394 e. The van der Waals surface area contributed by atoms with Crippen LogP contribution in [-0.4, -0.2) is 137 Å². The largest absolute Gasteiger partial charge is 0.394 e. The minimum atomic E-state index is -0.167. The lowest BCUT2D eigenvalue weighted by molar-refractivity contribution is -0.129. The van der Waals surface area contributed by atoms with Crippen LogP contribution in [0.5, 0.6) is 0 Å². The van der Waals surface area contributed by atoms with E-state index in [0.29, 0.717) is 0 Å². The van der Waals surface area contributed by atoms with Gasteiger partial charge in [0.05, 0.1) is 5.60 Å². The molecule has 492 valence electrons. The Labute approximate surface area is 497 Å². The second-order valence-corrected chi connectivity index (χ2v) is 13.3. The van der Waals surface area contributed by atoms with E-state index in [9.17, 15) is 4.79 Å². The van der Waals surface area contributed by atoms with Crippen LogP contribution >= 0.6 is 0 Å². The van der Waals surface area contributed by atoms with Gasteiger partial charge in [0.15, 0.2) is 0 Å². The molecule has 0 spiro atoms. The Balaban J connectivity index is -0.0000000233. The fourth-order valence-electron chi connectivity index (χ4n) is 3.60. The van der Waals surface area contributed by atoms with Gasteiger partial charge in [-0.2, -0.15) is 0 Å². The average molecular weight is 1180 g/mol. The van der Waals surface area contributed by atoms with E-state index in [2.05, 4.69) is 146 Å². The van der Waals surface area contributed by atoms with Crippen LogP contribution in [0.4, 0.5) is 0 Å². The number of aliphatic hydroxyl groups is 1. The lowest BCUT2D eigenvalue weighted by Gasteiger charge is -2.24. The number of aryl methyl sites for hydroxylation is 3. The third-order valence-electron chi connectivity index (χ3n) is 6.64. The Morgan fingerprint density at radius 2 is 0.691 bits per heavy atom. The number of carbonyl (C=O) groups excluding carboxylic acids is 10. The van der Waals surface area contributed by atoms with Gasteiger partial charge in [-0.05, 0) is 126 Å². The molecule has 1 fully saturated rings. The molecule has 1 amide bonds. The molecule has 1 aliphatic heterocycles. The minimum absolute atomic E-state index is 0. The number of aliphatic hydroxyl groups excluding tert-OH is 1. The fraction of sp³-hybridized carbons (Fsp3) is 0.525. The van der Waals surface area contributed by atoms with Gasteiger partial charge in [-0.25, -0.2) is 0 Å². The number of ether oxygens (including phenoxy) is 1. The Bertz CT molecular complexity index is 1180. The molecule has 1 heterocycles. The quantitative estimate of drug-likeness (QED) is 0.116. The first-order chi connectivity index (χ1) is 36.6. The normalized spacial score (nSPS) is 7.65. The van der Waals surface area contributed by atoms with Crippen LogP contribution < -0.4 is 53.7 Å². The van der Waals surface area contributed by atoms with Gasteiger partial charge >= 0.3 is 0 Å². The third-order valence-corrected chi connectivity index (χ3v) is 6.64. The van der Waals surface area contributed by atoms with Gasteiger partial charge in [0.2, 0.25) is 5.91 Å². The van der Waals surface area contributed by atoms with E-state index in [0.717, 1.165) is 38.5 Å². The van der Waals surface area contributed by atoms with Crippen molar-refractivity contribution < 1.29 is 57.8 Å². The summed E-state index contributed by atoms with van der Waals surface area (Å²) in [5.74, 6) is 1.12. The molecular weight excluding hydrogens is 1040 g/mol. The van der Waals surface area contributed by atoms with E-state index in [4.69, 9.17) is 53.0 Å². The van der Waals surface area contributed by atoms with Crippen molar-refractivity contribution in [2.24, 2.45) is 28.9 Å². The molecule has 0 aromatic heterocycles. The number of rotatable bonds is 4. The summed E-state index contributed by atoms with van der Waals surface area (Å²) in [4.78, 5) is 84.6. The summed E-state index contributed by atoms with van der Waals surface area (Å²) in [5.41, 5.74) is 22.2. The highest BCUT2D eigenvalue weighted by atomic mass is 16.5. The number of likely N-dealkylation sites (tertiary alicyclic amines) is 1. The predicted molar refractivity (Wildman–Crippen MR) is 354 cm³/mol. The Morgan fingerprint density at radius 3 is 0.778 bits per heavy atom. The smallest absolute Gasteiger partial charge is 0.219 e. The van der Waals surface area contributed by atoms with Gasteiger partial charge in [-0.3, -0.25) is 4.79 Å². The maximum absolute atomic E-state index is 10.7. The molecule has 4 rings (SSSR count). The summed E-state index contributed by atoms with van der Waals surface area (Å²) < 4.78 is 5.23. The third kappa shape index (κ3) is 240. The maximum Gasteiger partial charge on any atom is 0.219 e. The summed E-state index contributed by atoms with van der Waals surface area (Å²) in [6.45, 7) is 51.1. The van der Waals surface area contributed by atoms with Gasteiger partial charge in [-0.1, -0.05) is 151 Å². The van der Waals surface area contributed by atoms with Crippen molar-refractivity contribution in [2.75, 3.05) is 47.9 Å². The first kappa shape index (κ1) is 146. The van der Waals surface area contributed by atoms with Crippen LogP contribution in [0, 0.1) is 12.8 Å². The van der Waals surface area contributed by atoms with Crippen molar-refractivity contribution in [3.05, 3.63) is 108 Å². The van der Waals surface area contributed by atoms with Crippen LogP contribution in [0.15, 0.2) is 91.0 Å². The van der Waals surface area contributed by atoms with Crippen molar-refractivity contribution in [1.29, 1.82) is 0 Å². The molecule has 0 atom stereocenters. The van der Waals surface area contributed by atoms with E-state index in [-0.39, 0.29) is 48.4 Å². The van der Waals surface area contributed by atoms with Crippen molar-refractivity contribution in [2.45, 2.75) is 154 Å². The lowest BCUT2D eigenvalue weighted by atomic mass is 10.1. The number of carbonyl (C=O) groups is 10. The topological polar surface area (TPSA) is 482 Å². The van der Waals surface area contributed by atoms with Crippen molar-refractivity contribution in [3.8, 4) is 0 Å². The molecule has 0 unspecified atom stereocenters. The van der Waals surface area contributed by atoms with Gasteiger partial charge < -0.3 is 112 Å². The van der Waals surface area contributed by atoms with Gasteiger partial charge in [0.1, 0.15) is 61.1 Å². The van der Waals surface area contributed by atoms with Crippen molar-refractivity contribution in [3.63, 3.8) is 0 Å². The number of hydrogen-bond acceptors (Lipinski definition) is 21. The summed E-state index contributed by atoms with van der Waals surface area (Å²) in [5, 5.41) is 8.06. The van der Waals surface area contributed by atoms with E-state index in [1.165, 1.54) is 70.6 Å². The van der Waals surface area contributed by atoms with Crippen molar-refractivity contribution in [1.82, 2.24) is 35.7 Å². The molecule has 22 nitrogen and oxygen atoms in total. The van der Waals surface area contributed by atoms with Gasteiger partial charge in [-0.15, -0.1) is 0 Å². The Kier molecular flexibility index (Phi) is 336. The van der Waals surface area contributed by atoms with E-state index in [1.54, 1.807) is 20.8 Å². The number of nitrogens with zero attached hydrogens (tertiary/aromatic N) is 1. The monoisotopic (exact) mass is 1180 g/mol. The van der Waals surface area contributed by atoms with E-state index in [1.807, 2.05) is 117 Å². The highest BCUT2D eigenvalue weighted by Gasteiger charge is 2.11. The van der Waals surface area contributed by atoms with Crippen LogP contribution in [0.1, 0.15) is 139 Å². The number of hydrogen-bond donors (Lipinski definition) is 10. The van der Waals surface area contributed by atoms with Crippen LogP contribution in [0.2, 0.25) is 0 Å². The second kappa shape index (κ2) is 187. The van der Waals surface area contributed by atoms with Crippen molar-refractivity contribution >= 4 is 67.0 Å². The Morgan fingerprint density at radius 1 is 0.494 bits per heavy atom. The average Bonchev–Trinajstić information content (AvgIpc) is 3.51. The molecule has 1 saturated heterocycles. The molecule has 0 bridgehead atoms. The summed E-state index contributed by atoms with van der Waals surface area (Å²) in [6.07, 6.45) is 7.10. The van der Waals surface area contributed by atoms with E-state index < -0.39 is 0 Å². The first-order valence-corrected chi connectivity index (χ1v) is 24.2. The molecular formula is C59H134N10O12. The summed E-state index contributed by atoms with van der Waals surface area (Å²) >= 11 is 0.